The standard InChI is InChI=1S/C15H23ClN2O2S/c1-12(14-7-3-4-8-15(14)16)18(2)21(19,20)11-13-6-5-9-17-10-13/h3-4,7-8,12-13,17H,5-6,9-11H2,1-2H3. The van der Waals surface area contributed by atoms with Gasteiger partial charge in [0.2, 0.25) is 10.0 Å². The quantitative estimate of drug-likeness (QED) is 0.903. The van der Waals surface area contributed by atoms with Crippen LogP contribution in [-0.4, -0.2) is 38.6 Å². The Bertz CT molecular complexity index is 571. The first kappa shape index (κ1) is 16.7. The number of nitrogens with zero attached hydrogens (tertiary/aromatic N) is 1. The van der Waals surface area contributed by atoms with Gasteiger partial charge in [0, 0.05) is 18.1 Å². The average molecular weight is 331 g/mol. The van der Waals surface area contributed by atoms with E-state index in [2.05, 4.69) is 5.32 Å². The van der Waals surface area contributed by atoms with Crippen LogP contribution in [0.2, 0.25) is 5.02 Å². The van der Waals surface area contributed by atoms with Crippen LogP contribution < -0.4 is 5.32 Å². The molecule has 2 unspecified atom stereocenters. The molecule has 1 heterocycles. The lowest BCUT2D eigenvalue weighted by Crippen LogP contribution is -2.39. The number of benzene rings is 1. The maximum absolute atomic E-state index is 12.6. The molecule has 1 aliphatic rings. The van der Waals surface area contributed by atoms with Gasteiger partial charge in [0.1, 0.15) is 0 Å². The average Bonchev–Trinajstić information content (AvgIpc) is 2.47. The van der Waals surface area contributed by atoms with Crippen LogP contribution in [0.3, 0.4) is 0 Å². The van der Waals surface area contributed by atoms with Crippen molar-refractivity contribution in [3.05, 3.63) is 34.9 Å². The van der Waals surface area contributed by atoms with Gasteiger partial charge in [-0.05, 0) is 50.4 Å². The molecular weight excluding hydrogens is 308 g/mol. The van der Waals surface area contributed by atoms with Crippen LogP contribution in [-0.2, 0) is 10.0 Å². The highest BCUT2D eigenvalue weighted by Crippen LogP contribution is 2.28. The summed E-state index contributed by atoms with van der Waals surface area (Å²) in [4.78, 5) is 0. The molecule has 1 aliphatic heterocycles. The number of halogens is 1. The van der Waals surface area contributed by atoms with Gasteiger partial charge in [-0.25, -0.2) is 8.42 Å². The topological polar surface area (TPSA) is 49.4 Å². The summed E-state index contributed by atoms with van der Waals surface area (Å²) in [5, 5.41) is 3.87. The Kier molecular flexibility index (Phi) is 5.66. The first-order valence-electron chi connectivity index (χ1n) is 7.32. The Morgan fingerprint density at radius 1 is 1.43 bits per heavy atom. The molecule has 0 aromatic heterocycles. The van der Waals surface area contributed by atoms with E-state index in [9.17, 15) is 8.42 Å². The van der Waals surface area contributed by atoms with Crippen molar-refractivity contribution in [2.75, 3.05) is 25.9 Å². The lowest BCUT2D eigenvalue weighted by molar-refractivity contribution is 0.370. The first-order valence-corrected chi connectivity index (χ1v) is 9.31. The van der Waals surface area contributed by atoms with Crippen molar-refractivity contribution in [1.29, 1.82) is 0 Å². The summed E-state index contributed by atoms with van der Waals surface area (Å²) in [6.45, 7) is 3.65. The molecule has 1 fully saturated rings. The van der Waals surface area contributed by atoms with E-state index in [1.807, 2.05) is 25.1 Å². The maximum atomic E-state index is 12.6. The zero-order valence-electron chi connectivity index (χ0n) is 12.5. The molecule has 0 saturated carbocycles. The third-order valence-corrected chi connectivity index (χ3v) is 6.62. The van der Waals surface area contributed by atoms with Gasteiger partial charge in [-0.15, -0.1) is 0 Å². The van der Waals surface area contributed by atoms with Gasteiger partial charge in [0.05, 0.1) is 5.75 Å². The van der Waals surface area contributed by atoms with E-state index in [-0.39, 0.29) is 17.7 Å². The van der Waals surface area contributed by atoms with Crippen molar-refractivity contribution in [1.82, 2.24) is 9.62 Å². The molecule has 1 N–H and O–H groups in total. The van der Waals surface area contributed by atoms with E-state index in [4.69, 9.17) is 11.6 Å². The van der Waals surface area contributed by atoms with E-state index in [0.29, 0.717) is 5.02 Å². The highest BCUT2D eigenvalue weighted by atomic mass is 35.5. The van der Waals surface area contributed by atoms with Crippen LogP contribution in [0.4, 0.5) is 0 Å². The Labute approximate surface area is 132 Å². The third-order valence-electron chi connectivity index (χ3n) is 4.18. The number of hydrogen-bond donors (Lipinski definition) is 1. The van der Waals surface area contributed by atoms with Crippen molar-refractivity contribution in [3.63, 3.8) is 0 Å². The molecule has 2 atom stereocenters. The molecule has 0 spiro atoms. The van der Waals surface area contributed by atoms with Gasteiger partial charge in [-0.2, -0.15) is 4.31 Å². The summed E-state index contributed by atoms with van der Waals surface area (Å²) < 4.78 is 26.6. The molecule has 0 amide bonds. The van der Waals surface area contributed by atoms with Gasteiger partial charge in [-0.3, -0.25) is 0 Å². The van der Waals surface area contributed by atoms with E-state index >= 15 is 0 Å². The second kappa shape index (κ2) is 7.09. The van der Waals surface area contributed by atoms with Crippen molar-refractivity contribution in [3.8, 4) is 0 Å². The lowest BCUT2D eigenvalue weighted by atomic mass is 10.0. The number of piperidine rings is 1. The zero-order valence-corrected chi connectivity index (χ0v) is 14.1. The largest absolute Gasteiger partial charge is 0.316 e. The van der Waals surface area contributed by atoms with E-state index in [0.717, 1.165) is 31.5 Å². The van der Waals surface area contributed by atoms with Crippen LogP contribution in [0.15, 0.2) is 24.3 Å². The molecule has 0 aliphatic carbocycles. The number of hydrogen-bond acceptors (Lipinski definition) is 3. The summed E-state index contributed by atoms with van der Waals surface area (Å²) in [5.41, 5.74) is 0.840. The molecule has 0 radical (unpaired) electrons. The van der Waals surface area contributed by atoms with Gasteiger partial charge < -0.3 is 5.32 Å². The lowest BCUT2D eigenvalue weighted by Gasteiger charge is -2.29. The summed E-state index contributed by atoms with van der Waals surface area (Å²) in [7, 11) is -1.65. The minimum atomic E-state index is -3.29. The molecule has 1 aromatic rings. The predicted molar refractivity (Wildman–Crippen MR) is 87.0 cm³/mol. The Morgan fingerprint density at radius 2 is 2.14 bits per heavy atom. The fraction of sp³-hybridized carbons (Fsp3) is 0.600. The van der Waals surface area contributed by atoms with E-state index in [1.54, 1.807) is 13.1 Å². The normalized spacial score (nSPS) is 21.4. The molecule has 118 valence electrons. The summed E-state index contributed by atoms with van der Waals surface area (Å²) in [6, 6.07) is 7.13. The second-order valence-corrected chi connectivity index (χ2v) is 8.18. The second-order valence-electron chi connectivity index (χ2n) is 5.70. The number of rotatable bonds is 5. The molecule has 4 nitrogen and oxygen atoms in total. The fourth-order valence-electron chi connectivity index (χ4n) is 2.73. The molecule has 2 rings (SSSR count). The summed E-state index contributed by atoms with van der Waals surface area (Å²) in [5.74, 6) is 0.398. The Hall–Kier alpha value is -0.620. The minimum absolute atomic E-state index is 0.199. The highest BCUT2D eigenvalue weighted by Gasteiger charge is 2.29. The monoisotopic (exact) mass is 330 g/mol. The van der Waals surface area contributed by atoms with E-state index in [1.165, 1.54) is 4.31 Å². The van der Waals surface area contributed by atoms with Crippen LogP contribution in [0.1, 0.15) is 31.4 Å². The maximum Gasteiger partial charge on any atom is 0.214 e. The predicted octanol–water partition coefficient (Wildman–Crippen LogP) is 2.66. The minimum Gasteiger partial charge on any atom is -0.316 e. The third kappa shape index (κ3) is 4.19. The molecule has 6 heteroatoms. The van der Waals surface area contributed by atoms with E-state index < -0.39 is 10.0 Å². The van der Waals surface area contributed by atoms with Gasteiger partial charge >= 0.3 is 0 Å². The summed E-state index contributed by atoms with van der Waals surface area (Å²) >= 11 is 6.17. The Balaban J connectivity index is 2.10. The van der Waals surface area contributed by atoms with Crippen LogP contribution in [0.5, 0.6) is 0 Å². The smallest absolute Gasteiger partial charge is 0.214 e. The molecule has 0 bridgehead atoms. The zero-order chi connectivity index (χ0) is 15.5. The number of nitrogens with one attached hydrogen (secondary N) is 1. The summed E-state index contributed by atoms with van der Waals surface area (Å²) in [6.07, 6.45) is 2.02. The molecule has 21 heavy (non-hydrogen) atoms. The highest BCUT2D eigenvalue weighted by molar-refractivity contribution is 7.89. The van der Waals surface area contributed by atoms with Crippen molar-refractivity contribution < 1.29 is 8.42 Å². The van der Waals surface area contributed by atoms with Crippen molar-refractivity contribution >= 4 is 21.6 Å². The fourth-order valence-corrected chi connectivity index (χ4v) is 4.74. The molecular formula is C15H23ClN2O2S. The first-order chi connectivity index (χ1) is 9.92. The van der Waals surface area contributed by atoms with Crippen LogP contribution >= 0.6 is 11.6 Å². The molecule has 1 saturated heterocycles. The van der Waals surface area contributed by atoms with Crippen molar-refractivity contribution in [2.45, 2.75) is 25.8 Å². The van der Waals surface area contributed by atoms with Crippen LogP contribution in [0, 0.1) is 5.92 Å². The van der Waals surface area contributed by atoms with Gasteiger partial charge in [0.25, 0.3) is 0 Å². The SMILES string of the molecule is CC(c1ccccc1Cl)N(C)S(=O)(=O)CC1CCCNC1. The van der Waals surface area contributed by atoms with Crippen LogP contribution in [0.25, 0.3) is 0 Å². The van der Waals surface area contributed by atoms with Crippen molar-refractivity contribution in [2.24, 2.45) is 5.92 Å². The Morgan fingerprint density at radius 3 is 2.76 bits per heavy atom. The number of sulfonamides is 1. The molecule has 1 aromatic carbocycles. The van der Waals surface area contributed by atoms with Gasteiger partial charge in [0.15, 0.2) is 0 Å². The van der Waals surface area contributed by atoms with Gasteiger partial charge in [-0.1, -0.05) is 29.8 Å².